The Morgan fingerprint density at radius 3 is 2.52 bits per heavy atom. The van der Waals surface area contributed by atoms with Crippen LogP contribution in [0.25, 0.3) is 0 Å². The number of thioether (sulfide) groups is 1. The third kappa shape index (κ3) is 5.14. The number of carbonyl (C=O) groups is 1. The zero-order valence-corrected chi connectivity index (χ0v) is 17.3. The molecule has 0 bridgehead atoms. The standard InChI is InChI=1S/C18H34N2O6S/c1-5-6-10-7-11(20(3)8-10)17(25)19-12(9(2)21)16-14(23)13(22)15(24)18(26-16)27-4/h9-16,18,21-24H,5-8H2,1-4H3,(H,19,25)/t9-,10-,11-,12-,13+,14-,15-,16+,18+/m1/s1. The predicted molar refractivity (Wildman–Crippen MR) is 103 cm³/mol. The highest BCUT2D eigenvalue weighted by atomic mass is 32.2. The van der Waals surface area contributed by atoms with Crippen LogP contribution in [0.5, 0.6) is 0 Å². The van der Waals surface area contributed by atoms with Crippen LogP contribution in [0.15, 0.2) is 0 Å². The number of likely N-dealkylation sites (tertiary alicyclic amines) is 1. The molecule has 8 nitrogen and oxygen atoms in total. The lowest BCUT2D eigenvalue weighted by atomic mass is 9.92. The van der Waals surface area contributed by atoms with Gasteiger partial charge < -0.3 is 30.5 Å². The van der Waals surface area contributed by atoms with Gasteiger partial charge in [-0.15, -0.1) is 11.8 Å². The van der Waals surface area contributed by atoms with Crippen LogP contribution < -0.4 is 5.32 Å². The molecule has 0 spiro atoms. The second kappa shape index (κ2) is 9.87. The van der Waals surface area contributed by atoms with E-state index in [1.807, 2.05) is 11.9 Å². The molecular weight excluding hydrogens is 372 g/mol. The molecule has 9 heteroatoms. The summed E-state index contributed by atoms with van der Waals surface area (Å²) in [5.74, 6) is 0.245. The molecule has 158 valence electrons. The quantitative estimate of drug-likeness (QED) is 0.370. The average Bonchev–Trinajstić information content (AvgIpc) is 2.99. The molecule has 5 N–H and O–H groups in total. The van der Waals surface area contributed by atoms with Gasteiger partial charge in [0, 0.05) is 6.54 Å². The molecule has 0 aromatic carbocycles. The number of carbonyl (C=O) groups excluding carboxylic acids is 1. The van der Waals surface area contributed by atoms with Crippen LogP contribution in [0.4, 0.5) is 0 Å². The zero-order valence-electron chi connectivity index (χ0n) is 16.5. The van der Waals surface area contributed by atoms with Crippen LogP contribution in [-0.4, -0.2) is 99.1 Å². The number of ether oxygens (including phenoxy) is 1. The second-order valence-electron chi connectivity index (χ2n) is 7.80. The molecular formula is C18H34N2O6S. The zero-order chi connectivity index (χ0) is 20.3. The minimum atomic E-state index is -1.42. The van der Waals surface area contributed by atoms with Gasteiger partial charge in [-0.2, -0.15) is 0 Å². The lowest BCUT2D eigenvalue weighted by molar-refractivity contribution is -0.211. The molecule has 0 aromatic heterocycles. The summed E-state index contributed by atoms with van der Waals surface area (Å²) in [6, 6.07) is -1.20. The SMILES string of the molecule is CCC[C@@H]1C[C@H](C(=O)N[C@@H]([C@@H]2O[C@@H](SC)[C@H](O)[C@@H](O)[C@H]2O)[C@@H](C)O)N(C)C1. The number of nitrogens with zero attached hydrogens (tertiary/aromatic N) is 1. The summed E-state index contributed by atoms with van der Waals surface area (Å²) in [7, 11) is 1.91. The third-order valence-corrected chi connectivity index (χ3v) is 6.51. The number of rotatable bonds is 7. The van der Waals surface area contributed by atoms with Gasteiger partial charge in [0.05, 0.1) is 18.2 Å². The fourth-order valence-electron chi connectivity index (χ4n) is 4.13. The Morgan fingerprint density at radius 1 is 1.30 bits per heavy atom. The summed E-state index contributed by atoms with van der Waals surface area (Å²) in [6.07, 6.45) is -1.50. The Morgan fingerprint density at radius 2 is 1.96 bits per heavy atom. The van der Waals surface area contributed by atoms with E-state index in [9.17, 15) is 25.2 Å². The average molecular weight is 407 g/mol. The summed E-state index contributed by atoms with van der Waals surface area (Å²) in [6.45, 7) is 4.48. The topological polar surface area (TPSA) is 122 Å². The summed E-state index contributed by atoms with van der Waals surface area (Å²) < 4.78 is 5.72. The molecule has 2 aliphatic heterocycles. The lowest BCUT2D eigenvalue weighted by Gasteiger charge is -2.44. The van der Waals surface area contributed by atoms with Crippen LogP contribution in [-0.2, 0) is 9.53 Å². The van der Waals surface area contributed by atoms with Crippen molar-refractivity contribution >= 4 is 17.7 Å². The normalized spacial score (nSPS) is 39.9. The van der Waals surface area contributed by atoms with E-state index in [1.165, 1.54) is 18.7 Å². The minimum Gasteiger partial charge on any atom is -0.391 e. The molecule has 2 heterocycles. The highest BCUT2D eigenvalue weighted by Crippen LogP contribution is 2.30. The molecule has 9 atom stereocenters. The maximum absolute atomic E-state index is 12.8. The second-order valence-corrected chi connectivity index (χ2v) is 8.73. The van der Waals surface area contributed by atoms with Gasteiger partial charge in [0.1, 0.15) is 29.9 Å². The van der Waals surface area contributed by atoms with E-state index in [-0.39, 0.29) is 11.9 Å². The van der Waals surface area contributed by atoms with Gasteiger partial charge in [-0.25, -0.2) is 0 Å². The molecule has 2 aliphatic rings. The van der Waals surface area contributed by atoms with Gasteiger partial charge >= 0.3 is 0 Å². The van der Waals surface area contributed by atoms with Gasteiger partial charge in [-0.1, -0.05) is 13.3 Å². The number of likely N-dealkylation sites (N-methyl/N-ethyl adjacent to an activating group) is 1. The van der Waals surface area contributed by atoms with Crippen molar-refractivity contribution in [2.24, 2.45) is 5.92 Å². The van der Waals surface area contributed by atoms with Gasteiger partial charge in [0.15, 0.2) is 0 Å². The molecule has 2 fully saturated rings. The smallest absolute Gasteiger partial charge is 0.237 e. The number of aliphatic hydroxyl groups is 4. The molecule has 0 saturated carbocycles. The van der Waals surface area contributed by atoms with Crippen molar-refractivity contribution in [2.75, 3.05) is 19.8 Å². The van der Waals surface area contributed by atoms with E-state index >= 15 is 0 Å². The first-order valence-electron chi connectivity index (χ1n) is 9.62. The predicted octanol–water partition coefficient (Wildman–Crippen LogP) is -0.857. The number of aliphatic hydroxyl groups excluding tert-OH is 4. The van der Waals surface area contributed by atoms with E-state index in [4.69, 9.17) is 4.74 Å². The molecule has 2 saturated heterocycles. The van der Waals surface area contributed by atoms with E-state index in [0.717, 1.165) is 25.8 Å². The summed E-state index contributed by atoms with van der Waals surface area (Å²) >= 11 is 1.20. The Labute approximate surface area is 165 Å². The number of hydrogen-bond donors (Lipinski definition) is 5. The van der Waals surface area contributed by atoms with Gasteiger partial charge in [-0.3, -0.25) is 9.69 Å². The van der Waals surface area contributed by atoms with Crippen LogP contribution in [0.2, 0.25) is 0 Å². The monoisotopic (exact) mass is 406 g/mol. The van der Waals surface area contributed by atoms with Crippen molar-refractivity contribution in [1.82, 2.24) is 10.2 Å². The van der Waals surface area contributed by atoms with Crippen molar-refractivity contribution in [1.29, 1.82) is 0 Å². The largest absolute Gasteiger partial charge is 0.391 e. The van der Waals surface area contributed by atoms with E-state index in [0.29, 0.717) is 5.92 Å². The van der Waals surface area contributed by atoms with Crippen molar-refractivity contribution in [3.63, 3.8) is 0 Å². The van der Waals surface area contributed by atoms with Crippen LogP contribution >= 0.6 is 11.8 Å². The molecule has 27 heavy (non-hydrogen) atoms. The Hall–Kier alpha value is -0.420. The maximum Gasteiger partial charge on any atom is 0.237 e. The minimum absolute atomic E-state index is 0.223. The number of nitrogens with one attached hydrogen (secondary N) is 1. The van der Waals surface area contributed by atoms with Crippen LogP contribution in [0.1, 0.15) is 33.1 Å². The fourth-order valence-corrected chi connectivity index (χ4v) is 4.81. The first kappa shape index (κ1) is 22.9. The van der Waals surface area contributed by atoms with Crippen molar-refractivity contribution in [3.05, 3.63) is 0 Å². The molecule has 0 unspecified atom stereocenters. The molecule has 0 aliphatic carbocycles. The van der Waals surface area contributed by atoms with E-state index in [2.05, 4.69) is 12.2 Å². The maximum atomic E-state index is 12.8. The highest BCUT2D eigenvalue weighted by Gasteiger charge is 2.48. The molecule has 1 amide bonds. The van der Waals surface area contributed by atoms with Crippen molar-refractivity contribution in [2.45, 2.75) is 81.1 Å². The third-order valence-electron chi connectivity index (χ3n) is 5.66. The van der Waals surface area contributed by atoms with Gasteiger partial charge in [0.25, 0.3) is 0 Å². The van der Waals surface area contributed by atoms with E-state index in [1.54, 1.807) is 6.26 Å². The molecule has 0 aromatic rings. The Balaban J connectivity index is 2.09. The molecule has 2 rings (SSSR count). The Kier molecular flexibility index (Phi) is 8.35. The summed E-state index contributed by atoms with van der Waals surface area (Å²) in [4.78, 5) is 14.9. The Bertz CT molecular complexity index is 494. The van der Waals surface area contributed by atoms with Crippen molar-refractivity contribution in [3.8, 4) is 0 Å². The van der Waals surface area contributed by atoms with E-state index < -0.39 is 42.0 Å². The first-order chi connectivity index (χ1) is 12.7. The fraction of sp³-hybridized carbons (Fsp3) is 0.944. The van der Waals surface area contributed by atoms with Crippen molar-refractivity contribution < 1.29 is 30.0 Å². The van der Waals surface area contributed by atoms with Crippen LogP contribution in [0, 0.1) is 5.92 Å². The number of amides is 1. The lowest BCUT2D eigenvalue weighted by Crippen LogP contribution is -2.65. The van der Waals surface area contributed by atoms with Gasteiger partial charge in [0.2, 0.25) is 5.91 Å². The molecule has 0 radical (unpaired) electrons. The highest BCUT2D eigenvalue weighted by molar-refractivity contribution is 7.99. The summed E-state index contributed by atoms with van der Waals surface area (Å²) in [5.41, 5.74) is -0.755. The van der Waals surface area contributed by atoms with Gasteiger partial charge in [-0.05, 0) is 39.0 Å². The first-order valence-corrected chi connectivity index (χ1v) is 10.9. The van der Waals surface area contributed by atoms with Crippen LogP contribution in [0.3, 0.4) is 0 Å². The number of hydrogen-bond acceptors (Lipinski definition) is 8. The summed E-state index contributed by atoms with van der Waals surface area (Å²) in [5, 5.41) is 43.5.